The molecule has 1 atom stereocenters. The highest BCUT2D eigenvalue weighted by molar-refractivity contribution is 7.39. The zero-order valence-corrected chi connectivity index (χ0v) is 17.2. The average molecular weight is 412 g/mol. The number of nitrogen functional groups attached to an aromatic ring is 1. The lowest BCUT2D eigenvalue weighted by Crippen LogP contribution is -2.31. The van der Waals surface area contributed by atoms with Gasteiger partial charge in [0.2, 0.25) is 0 Å². The van der Waals surface area contributed by atoms with Crippen LogP contribution in [0.25, 0.3) is 12.7 Å². The zero-order chi connectivity index (χ0) is 20.1. The highest BCUT2D eigenvalue weighted by Gasteiger charge is 2.15. The molecule has 1 unspecified atom stereocenters. The van der Waals surface area contributed by atoms with E-state index in [1.54, 1.807) is 4.57 Å². The lowest BCUT2D eigenvalue weighted by atomic mass is 10.0. The summed E-state index contributed by atoms with van der Waals surface area (Å²) in [7, 11) is 0.295. The maximum atomic E-state index is 12.2. The molecule has 2 aromatic heterocycles. The minimum atomic E-state index is 0.000116. The van der Waals surface area contributed by atoms with Crippen LogP contribution < -0.4 is 25.6 Å². The first-order valence-corrected chi connectivity index (χ1v) is 10.6. The molecule has 3 rings (SSSR count). The van der Waals surface area contributed by atoms with Crippen LogP contribution in [0.1, 0.15) is 18.1 Å². The molecule has 2 heterocycles. The minimum absolute atomic E-state index is 0.000116. The van der Waals surface area contributed by atoms with Crippen molar-refractivity contribution in [3.63, 3.8) is 0 Å². The summed E-state index contributed by atoms with van der Waals surface area (Å²) in [6.07, 6.45) is 3.92. The minimum Gasteiger partial charge on any atom is -0.383 e. The van der Waals surface area contributed by atoms with Crippen molar-refractivity contribution in [2.45, 2.75) is 13.5 Å². The van der Waals surface area contributed by atoms with E-state index in [0.717, 1.165) is 16.4 Å². The lowest BCUT2D eigenvalue weighted by Gasteiger charge is -2.13. The molecule has 0 amide bonds. The van der Waals surface area contributed by atoms with Gasteiger partial charge < -0.3 is 10.8 Å². The highest BCUT2D eigenvalue weighted by Crippen LogP contribution is 2.25. The predicted octanol–water partition coefficient (Wildman–Crippen LogP) is 1.61. The third-order valence-corrected chi connectivity index (χ3v) is 6.08. The summed E-state index contributed by atoms with van der Waals surface area (Å²) in [5.41, 5.74) is 7.52. The number of nitrogens with one attached hydrogen (secondary N) is 2. The molecule has 9 heteroatoms. The van der Waals surface area contributed by atoms with Gasteiger partial charge in [-0.05, 0) is 15.7 Å². The second-order valence-corrected chi connectivity index (χ2v) is 8.10. The Labute approximate surface area is 168 Å². The van der Waals surface area contributed by atoms with Gasteiger partial charge in [0.25, 0.3) is 5.56 Å². The Morgan fingerprint density at radius 2 is 2.14 bits per heavy atom. The second-order valence-electron chi connectivity index (χ2n) is 5.88. The molecule has 28 heavy (non-hydrogen) atoms. The number of rotatable bonds is 7. The Morgan fingerprint density at radius 1 is 1.39 bits per heavy atom. The Bertz CT molecular complexity index is 1160. The molecule has 7 nitrogen and oxygen atoms in total. The van der Waals surface area contributed by atoms with E-state index in [1.165, 1.54) is 17.7 Å². The molecule has 0 spiro atoms. The number of anilines is 2. The van der Waals surface area contributed by atoms with Crippen molar-refractivity contribution in [2.24, 2.45) is 0 Å². The number of nitrogens with zero attached hydrogens (tertiary/aromatic N) is 3. The predicted molar refractivity (Wildman–Crippen MR) is 119 cm³/mol. The first-order chi connectivity index (χ1) is 13.5. The third-order valence-electron chi connectivity index (χ3n) is 4.10. The van der Waals surface area contributed by atoms with Crippen LogP contribution in [0, 0.1) is 5.41 Å². The first-order valence-electron chi connectivity index (χ1n) is 8.61. The van der Waals surface area contributed by atoms with Crippen molar-refractivity contribution in [3.8, 4) is 0 Å². The number of benzene rings is 1. The molecule has 0 aliphatic carbocycles. The van der Waals surface area contributed by atoms with Crippen LogP contribution in [0.4, 0.5) is 11.6 Å². The fourth-order valence-electron chi connectivity index (χ4n) is 2.68. The summed E-state index contributed by atoms with van der Waals surface area (Å²) >= 11 is 1.40. The van der Waals surface area contributed by atoms with Crippen molar-refractivity contribution in [1.29, 1.82) is 5.41 Å². The van der Waals surface area contributed by atoms with E-state index in [0.29, 0.717) is 31.2 Å². The van der Waals surface area contributed by atoms with Gasteiger partial charge >= 0.3 is 0 Å². The maximum Gasteiger partial charge on any atom is 0.268 e. The smallest absolute Gasteiger partial charge is 0.268 e. The molecular formula is C19H21N6OPS. The van der Waals surface area contributed by atoms with Gasteiger partial charge in [0, 0.05) is 18.3 Å². The Balaban J connectivity index is 1.73. The number of nitrogens with two attached hydrogens (primary N) is 1. The van der Waals surface area contributed by atoms with Gasteiger partial charge in [-0.15, -0.1) is 11.3 Å². The van der Waals surface area contributed by atoms with Crippen LogP contribution in [-0.2, 0) is 6.54 Å². The van der Waals surface area contributed by atoms with E-state index in [-0.39, 0.29) is 17.1 Å². The molecule has 0 fully saturated rings. The Kier molecular flexibility index (Phi) is 6.34. The molecule has 0 bridgehead atoms. The van der Waals surface area contributed by atoms with E-state index >= 15 is 0 Å². The van der Waals surface area contributed by atoms with Crippen LogP contribution in [0.5, 0.6) is 0 Å². The largest absolute Gasteiger partial charge is 0.383 e. The van der Waals surface area contributed by atoms with Crippen molar-refractivity contribution in [2.75, 3.05) is 17.0 Å². The van der Waals surface area contributed by atoms with E-state index in [4.69, 9.17) is 11.1 Å². The fraction of sp³-hybridized carbons (Fsp3) is 0.158. The van der Waals surface area contributed by atoms with Gasteiger partial charge in [-0.3, -0.25) is 14.8 Å². The Morgan fingerprint density at radius 3 is 2.82 bits per heavy atom. The molecule has 4 N–H and O–H groups in total. The monoisotopic (exact) mass is 412 g/mol. The molecule has 0 radical (unpaired) electrons. The zero-order valence-electron chi connectivity index (χ0n) is 15.4. The molecule has 0 saturated heterocycles. The van der Waals surface area contributed by atoms with Crippen LogP contribution in [0.3, 0.4) is 0 Å². The number of hydrogen-bond donors (Lipinski definition) is 3. The quantitative estimate of drug-likeness (QED) is 0.310. The summed E-state index contributed by atoms with van der Waals surface area (Å²) in [6, 6.07) is 9.34. The molecule has 144 valence electrons. The lowest BCUT2D eigenvalue weighted by molar-refractivity contribution is 0.731. The van der Waals surface area contributed by atoms with Crippen molar-refractivity contribution < 1.29 is 0 Å². The molecule has 0 aliphatic rings. The van der Waals surface area contributed by atoms with E-state index in [1.807, 2.05) is 43.3 Å². The molecule has 3 aromatic rings. The van der Waals surface area contributed by atoms with E-state index < -0.39 is 0 Å². The normalized spacial score (nSPS) is 12.0. The van der Waals surface area contributed by atoms with Gasteiger partial charge in [0.05, 0.1) is 20.5 Å². The van der Waals surface area contributed by atoms with Gasteiger partial charge in [0.1, 0.15) is 18.0 Å². The van der Waals surface area contributed by atoms with Crippen molar-refractivity contribution in [1.82, 2.24) is 14.5 Å². The molecule has 1 aromatic carbocycles. The topological polar surface area (TPSA) is 110 Å². The number of thiazole rings is 1. The van der Waals surface area contributed by atoms with Gasteiger partial charge in [0.15, 0.2) is 0 Å². The van der Waals surface area contributed by atoms with Gasteiger partial charge in [-0.1, -0.05) is 43.0 Å². The average Bonchev–Trinajstić information content (AvgIpc) is 2.98. The van der Waals surface area contributed by atoms with E-state index in [2.05, 4.69) is 21.6 Å². The van der Waals surface area contributed by atoms with Gasteiger partial charge in [-0.2, -0.15) is 0 Å². The van der Waals surface area contributed by atoms with Gasteiger partial charge in [-0.25, -0.2) is 9.97 Å². The summed E-state index contributed by atoms with van der Waals surface area (Å²) in [5.74, 6) is 0.781. The molecule has 0 saturated carbocycles. The van der Waals surface area contributed by atoms with E-state index in [9.17, 15) is 4.79 Å². The summed E-state index contributed by atoms with van der Waals surface area (Å²) in [4.78, 5) is 20.5. The van der Waals surface area contributed by atoms with Crippen molar-refractivity contribution in [3.05, 3.63) is 67.3 Å². The van der Waals surface area contributed by atoms with Crippen LogP contribution in [0.2, 0.25) is 0 Å². The van der Waals surface area contributed by atoms with Crippen LogP contribution in [-0.4, -0.2) is 26.4 Å². The SMILES string of the molecule is C=c1s/c(=C\C)c(=O)n1CCPNc1ncnc(N)c1C(=N)c1ccccc1. The molecular weight excluding hydrogens is 391 g/mol. The standard InChI is InChI=1S/C19H21N6OPS/c1-3-14-19(26)25(12(2)28-14)9-10-27-24-18-15(17(21)22-11-23-18)16(20)13-7-5-4-6-8-13/h3-8,11,20,27H,2,9-10H2,1H3,(H3,21,22,23,24)/b14-3-,20-16?. The molecule has 0 aliphatic heterocycles. The maximum absolute atomic E-state index is 12.2. The highest BCUT2D eigenvalue weighted by atomic mass is 32.1. The first kappa shape index (κ1) is 19.9. The Hall–Kier alpha value is -2.83. The number of aromatic nitrogens is 3. The summed E-state index contributed by atoms with van der Waals surface area (Å²) in [5, 5.41) is 11.7. The summed E-state index contributed by atoms with van der Waals surface area (Å²) in [6.45, 7) is 6.37. The van der Waals surface area contributed by atoms with Crippen LogP contribution >= 0.6 is 20.1 Å². The summed E-state index contributed by atoms with van der Waals surface area (Å²) < 4.78 is 3.15. The number of hydrogen-bond acceptors (Lipinski definition) is 7. The third kappa shape index (κ3) is 4.18. The fourth-order valence-corrected chi connectivity index (χ4v) is 4.36. The van der Waals surface area contributed by atoms with Crippen molar-refractivity contribution >= 4 is 50.1 Å². The van der Waals surface area contributed by atoms with Crippen LogP contribution in [0.15, 0.2) is 41.5 Å². The second kappa shape index (κ2) is 8.91.